The molecule has 0 aliphatic carbocycles. The Hall–Kier alpha value is -0.650. The van der Waals surface area contributed by atoms with E-state index in [0.717, 1.165) is 19.4 Å². The van der Waals surface area contributed by atoms with Crippen molar-refractivity contribution in [1.29, 1.82) is 0 Å². The zero-order valence-electron chi connectivity index (χ0n) is 9.20. The molecule has 0 aromatic rings. The summed E-state index contributed by atoms with van der Waals surface area (Å²) < 4.78 is 10.5. The minimum Gasteiger partial charge on any atom is -0.376 e. The lowest BCUT2D eigenvalue weighted by molar-refractivity contribution is -0.127. The highest BCUT2D eigenvalue weighted by atomic mass is 16.5. The minimum atomic E-state index is -0.105. The van der Waals surface area contributed by atoms with E-state index in [1.165, 1.54) is 0 Å². The molecule has 0 spiro atoms. The van der Waals surface area contributed by atoms with Crippen LogP contribution in [0.2, 0.25) is 0 Å². The molecule has 2 atom stereocenters. The Morgan fingerprint density at radius 1 is 1.73 bits per heavy atom. The van der Waals surface area contributed by atoms with E-state index in [9.17, 15) is 4.79 Å². The largest absolute Gasteiger partial charge is 0.376 e. The van der Waals surface area contributed by atoms with E-state index in [-0.39, 0.29) is 24.7 Å². The minimum absolute atomic E-state index is 0.0569. The van der Waals surface area contributed by atoms with Crippen molar-refractivity contribution < 1.29 is 14.3 Å². The maximum Gasteiger partial charge on any atom is 0.246 e. The van der Waals surface area contributed by atoms with Crippen LogP contribution in [-0.4, -0.2) is 44.4 Å². The molecule has 0 saturated carbocycles. The Morgan fingerprint density at radius 2 is 2.53 bits per heavy atom. The number of hydrogen-bond acceptors (Lipinski definition) is 4. The van der Waals surface area contributed by atoms with Crippen molar-refractivity contribution in [3.8, 4) is 0 Å². The van der Waals surface area contributed by atoms with Crippen molar-refractivity contribution in [2.75, 3.05) is 26.4 Å². The monoisotopic (exact) mass is 216 g/mol. The Kier molecular flexibility index (Phi) is 5.60. The van der Waals surface area contributed by atoms with E-state index in [0.29, 0.717) is 13.2 Å². The quantitative estimate of drug-likeness (QED) is 0.595. The first kappa shape index (κ1) is 12.4. The third kappa shape index (κ3) is 4.59. The number of nitrogens with two attached hydrogens (primary N) is 1. The molecule has 88 valence electrons. The zero-order valence-corrected chi connectivity index (χ0v) is 9.20. The number of carbonyl (C=O) groups is 1. The van der Waals surface area contributed by atoms with Gasteiger partial charge in [-0.05, 0) is 19.8 Å². The summed E-state index contributed by atoms with van der Waals surface area (Å²) in [7, 11) is 0. The second kappa shape index (κ2) is 6.76. The van der Waals surface area contributed by atoms with E-state index in [2.05, 4.69) is 5.32 Å². The highest BCUT2D eigenvalue weighted by Crippen LogP contribution is 2.15. The predicted molar refractivity (Wildman–Crippen MR) is 56.5 cm³/mol. The molecule has 0 aromatic carbocycles. The molecule has 1 aliphatic heterocycles. The lowest BCUT2D eigenvalue weighted by Crippen LogP contribution is -2.42. The highest BCUT2D eigenvalue weighted by Gasteiger charge is 2.23. The standard InChI is InChI=1S/C10H20N2O3/c1-8(9-3-2-5-15-9)12-10(13)7-14-6-4-11/h8-9H,2-7,11H2,1H3,(H,12,13). The van der Waals surface area contributed by atoms with Crippen LogP contribution in [0.5, 0.6) is 0 Å². The summed E-state index contributed by atoms with van der Waals surface area (Å²) in [5.41, 5.74) is 5.24. The summed E-state index contributed by atoms with van der Waals surface area (Å²) in [6, 6.07) is 0.0569. The van der Waals surface area contributed by atoms with Crippen LogP contribution in [0.1, 0.15) is 19.8 Å². The van der Waals surface area contributed by atoms with Crippen LogP contribution in [0.25, 0.3) is 0 Å². The van der Waals surface area contributed by atoms with Gasteiger partial charge in [-0.25, -0.2) is 0 Å². The lowest BCUT2D eigenvalue weighted by atomic mass is 10.1. The fourth-order valence-corrected chi connectivity index (χ4v) is 1.63. The summed E-state index contributed by atoms with van der Waals surface area (Å²) in [6.07, 6.45) is 2.25. The van der Waals surface area contributed by atoms with Gasteiger partial charge in [-0.1, -0.05) is 0 Å². The molecule has 1 rings (SSSR count). The normalized spacial score (nSPS) is 22.7. The van der Waals surface area contributed by atoms with E-state index in [4.69, 9.17) is 15.2 Å². The van der Waals surface area contributed by atoms with Crippen LogP contribution in [0.4, 0.5) is 0 Å². The molecule has 0 radical (unpaired) electrons. The molecule has 1 saturated heterocycles. The highest BCUT2D eigenvalue weighted by molar-refractivity contribution is 5.77. The molecular formula is C10H20N2O3. The maximum absolute atomic E-state index is 11.4. The smallest absolute Gasteiger partial charge is 0.246 e. The third-order valence-electron chi connectivity index (χ3n) is 2.41. The second-order valence-corrected chi connectivity index (χ2v) is 3.75. The van der Waals surface area contributed by atoms with Gasteiger partial charge in [0.05, 0.1) is 18.8 Å². The topological polar surface area (TPSA) is 73.6 Å². The molecule has 5 nitrogen and oxygen atoms in total. The molecule has 5 heteroatoms. The van der Waals surface area contributed by atoms with Crippen LogP contribution in [-0.2, 0) is 14.3 Å². The van der Waals surface area contributed by atoms with Gasteiger partial charge in [0.2, 0.25) is 5.91 Å². The Morgan fingerprint density at radius 3 is 3.13 bits per heavy atom. The van der Waals surface area contributed by atoms with Crippen LogP contribution < -0.4 is 11.1 Å². The molecular weight excluding hydrogens is 196 g/mol. The van der Waals surface area contributed by atoms with Crippen LogP contribution >= 0.6 is 0 Å². The predicted octanol–water partition coefficient (Wildman–Crippen LogP) is -0.355. The molecule has 1 aliphatic rings. The van der Waals surface area contributed by atoms with Crippen molar-refractivity contribution in [3.05, 3.63) is 0 Å². The summed E-state index contributed by atoms with van der Waals surface area (Å²) in [5.74, 6) is -0.105. The van der Waals surface area contributed by atoms with Crippen LogP contribution in [0.15, 0.2) is 0 Å². The van der Waals surface area contributed by atoms with Crippen molar-refractivity contribution in [1.82, 2.24) is 5.32 Å². The Bertz CT molecular complexity index is 193. The number of ether oxygens (including phenoxy) is 2. The summed E-state index contributed by atoms with van der Waals surface area (Å²) in [5, 5.41) is 2.85. The van der Waals surface area contributed by atoms with E-state index in [1.807, 2.05) is 6.92 Å². The molecule has 15 heavy (non-hydrogen) atoms. The third-order valence-corrected chi connectivity index (χ3v) is 2.41. The summed E-state index contributed by atoms with van der Waals surface area (Å²) in [4.78, 5) is 11.4. The van der Waals surface area contributed by atoms with Crippen LogP contribution in [0.3, 0.4) is 0 Å². The van der Waals surface area contributed by atoms with Crippen molar-refractivity contribution in [2.45, 2.75) is 31.9 Å². The second-order valence-electron chi connectivity index (χ2n) is 3.75. The first-order chi connectivity index (χ1) is 7.24. The number of hydrogen-bond donors (Lipinski definition) is 2. The molecule has 3 N–H and O–H groups in total. The fraction of sp³-hybridized carbons (Fsp3) is 0.900. The lowest BCUT2D eigenvalue weighted by Gasteiger charge is -2.19. The first-order valence-corrected chi connectivity index (χ1v) is 5.43. The SMILES string of the molecule is CC(NC(=O)COCCN)C1CCCO1. The van der Waals surface area contributed by atoms with E-state index < -0.39 is 0 Å². The molecule has 1 heterocycles. The Labute approximate surface area is 90.3 Å². The van der Waals surface area contributed by atoms with Gasteiger partial charge in [0.25, 0.3) is 0 Å². The van der Waals surface area contributed by atoms with E-state index in [1.54, 1.807) is 0 Å². The maximum atomic E-state index is 11.4. The Balaban J connectivity index is 2.13. The fourth-order valence-electron chi connectivity index (χ4n) is 1.63. The molecule has 2 unspecified atom stereocenters. The van der Waals surface area contributed by atoms with Gasteiger partial charge < -0.3 is 20.5 Å². The van der Waals surface area contributed by atoms with E-state index >= 15 is 0 Å². The average molecular weight is 216 g/mol. The average Bonchev–Trinajstić information content (AvgIpc) is 2.70. The van der Waals surface area contributed by atoms with Gasteiger partial charge >= 0.3 is 0 Å². The number of amides is 1. The van der Waals surface area contributed by atoms with Gasteiger partial charge in [-0.3, -0.25) is 4.79 Å². The van der Waals surface area contributed by atoms with Gasteiger partial charge in [-0.2, -0.15) is 0 Å². The summed E-state index contributed by atoms with van der Waals surface area (Å²) in [6.45, 7) is 3.69. The number of carbonyl (C=O) groups excluding carboxylic acids is 1. The molecule has 1 fully saturated rings. The van der Waals surface area contributed by atoms with Crippen molar-refractivity contribution in [3.63, 3.8) is 0 Å². The molecule has 1 amide bonds. The van der Waals surface area contributed by atoms with Gasteiger partial charge in [0, 0.05) is 13.2 Å². The number of nitrogens with one attached hydrogen (secondary N) is 1. The van der Waals surface area contributed by atoms with Crippen LogP contribution in [0, 0.1) is 0 Å². The van der Waals surface area contributed by atoms with Gasteiger partial charge in [0.15, 0.2) is 0 Å². The van der Waals surface area contributed by atoms with Gasteiger partial charge in [0.1, 0.15) is 6.61 Å². The zero-order chi connectivity index (χ0) is 11.1. The first-order valence-electron chi connectivity index (χ1n) is 5.43. The van der Waals surface area contributed by atoms with Gasteiger partial charge in [-0.15, -0.1) is 0 Å². The molecule has 0 bridgehead atoms. The van der Waals surface area contributed by atoms with Crippen molar-refractivity contribution in [2.24, 2.45) is 5.73 Å². The summed E-state index contributed by atoms with van der Waals surface area (Å²) >= 11 is 0. The molecule has 0 aromatic heterocycles. The number of rotatable bonds is 6. The van der Waals surface area contributed by atoms with Crippen molar-refractivity contribution >= 4 is 5.91 Å².